The Morgan fingerprint density at radius 3 is 2.68 bits per heavy atom. The molecule has 3 saturated carbocycles. The summed E-state index contributed by atoms with van der Waals surface area (Å²) in [6, 6.07) is 0. The SMILES string of the molecule is CC(=O)NC12CC(n3cc(C4=CC(C(F)(F)F)=C(N)NC4)nn3)(C1)C2. The van der Waals surface area contributed by atoms with E-state index in [2.05, 4.69) is 20.9 Å². The normalized spacial score (nSPS) is 30.8. The van der Waals surface area contributed by atoms with Crippen LogP contribution in [0.3, 0.4) is 0 Å². The van der Waals surface area contributed by atoms with Gasteiger partial charge in [0.2, 0.25) is 5.91 Å². The minimum atomic E-state index is -4.53. The molecule has 0 radical (unpaired) electrons. The molecule has 3 fully saturated rings. The third-order valence-electron chi connectivity index (χ3n) is 5.14. The van der Waals surface area contributed by atoms with Crippen LogP contribution < -0.4 is 16.4 Å². The number of halogens is 3. The standard InChI is InChI=1S/C15H17F3N6O/c1-8(25)21-13-5-14(6-13,7-13)24-4-11(22-23-24)9-2-10(15(16,17)18)12(19)20-3-9/h2,4,20H,3,5-7,19H2,1H3,(H,21,25). The maximum absolute atomic E-state index is 13.0. The van der Waals surface area contributed by atoms with Crippen LogP contribution in [-0.4, -0.2) is 39.2 Å². The average molecular weight is 354 g/mol. The summed E-state index contributed by atoms with van der Waals surface area (Å²) in [6.45, 7) is 1.65. The van der Waals surface area contributed by atoms with Gasteiger partial charge in [-0.25, -0.2) is 4.68 Å². The van der Waals surface area contributed by atoms with E-state index in [4.69, 9.17) is 5.73 Å². The molecule has 1 aromatic heterocycles. The van der Waals surface area contributed by atoms with E-state index in [0.717, 1.165) is 25.3 Å². The van der Waals surface area contributed by atoms with Gasteiger partial charge >= 0.3 is 6.18 Å². The van der Waals surface area contributed by atoms with Crippen molar-refractivity contribution in [1.82, 2.24) is 25.6 Å². The Morgan fingerprint density at radius 1 is 1.40 bits per heavy atom. The monoisotopic (exact) mass is 354 g/mol. The Bertz CT molecular complexity index is 802. The number of carbonyl (C=O) groups is 1. The highest BCUT2D eigenvalue weighted by molar-refractivity contribution is 5.74. The lowest BCUT2D eigenvalue weighted by Gasteiger charge is -2.69. The summed E-state index contributed by atoms with van der Waals surface area (Å²) in [6.07, 6.45) is 0.444. The molecule has 3 aliphatic carbocycles. The van der Waals surface area contributed by atoms with E-state index in [0.29, 0.717) is 11.3 Å². The number of dihydropyridines is 1. The van der Waals surface area contributed by atoms with Crippen LogP contribution in [0.15, 0.2) is 23.7 Å². The molecule has 0 atom stereocenters. The molecule has 0 aromatic carbocycles. The molecular formula is C15H17F3N6O. The number of hydrogen-bond donors (Lipinski definition) is 3. The molecule has 0 spiro atoms. The topological polar surface area (TPSA) is 97.9 Å². The fraction of sp³-hybridized carbons (Fsp3) is 0.533. The predicted molar refractivity (Wildman–Crippen MR) is 81.6 cm³/mol. The lowest BCUT2D eigenvalue weighted by molar-refractivity contribution is -0.158. The van der Waals surface area contributed by atoms with Crippen LogP contribution in [0, 0.1) is 0 Å². The summed E-state index contributed by atoms with van der Waals surface area (Å²) in [5.74, 6) is -0.449. The zero-order chi connectivity index (χ0) is 18.0. The second kappa shape index (κ2) is 4.77. The first kappa shape index (κ1) is 16.0. The minimum Gasteiger partial charge on any atom is -0.385 e. The number of alkyl halides is 3. The number of carbonyl (C=O) groups excluding carboxylic acids is 1. The molecule has 0 saturated heterocycles. The van der Waals surface area contributed by atoms with Gasteiger partial charge < -0.3 is 16.4 Å². The fourth-order valence-electron chi connectivity index (χ4n) is 4.11. The predicted octanol–water partition coefficient (Wildman–Crippen LogP) is 0.765. The summed E-state index contributed by atoms with van der Waals surface area (Å²) in [5.41, 5.74) is 4.94. The van der Waals surface area contributed by atoms with Gasteiger partial charge in [0.25, 0.3) is 0 Å². The van der Waals surface area contributed by atoms with Crippen LogP contribution in [0.4, 0.5) is 13.2 Å². The van der Waals surface area contributed by atoms with Crippen LogP contribution in [0.1, 0.15) is 31.9 Å². The second-order valence-electron chi connectivity index (χ2n) is 7.11. The van der Waals surface area contributed by atoms with Crippen LogP contribution in [0.2, 0.25) is 0 Å². The summed E-state index contributed by atoms with van der Waals surface area (Å²) >= 11 is 0. The number of nitrogens with zero attached hydrogens (tertiary/aromatic N) is 3. The van der Waals surface area contributed by atoms with Crippen LogP contribution in [0.5, 0.6) is 0 Å². The minimum absolute atomic E-state index is 0.0601. The van der Waals surface area contributed by atoms with Crippen LogP contribution in [0.25, 0.3) is 5.57 Å². The Labute approximate surface area is 141 Å². The molecule has 7 nitrogen and oxygen atoms in total. The molecule has 10 heteroatoms. The smallest absolute Gasteiger partial charge is 0.385 e. The summed E-state index contributed by atoms with van der Waals surface area (Å²) < 4.78 is 40.7. The van der Waals surface area contributed by atoms with Crippen molar-refractivity contribution in [2.45, 2.75) is 43.4 Å². The van der Waals surface area contributed by atoms with Gasteiger partial charge in [0.05, 0.1) is 17.3 Å². The number of allylic oxidation sites excluding steroid dienone is 2. The summed E-state index contributed by atoms with van der Waals surface area (Å²) in [4.78, 5) is 11.2. The molecule has 4 N–H and O–H groups in total. The van der Waals surface area contributed by atoms with Gasteiger partial charge in [0.15, 0.2) is 0 Å². The van der Waals surface area contributed by atoms with E-state index in [1.807, 2.05) is 0 Å². The Hall–Kier alpha value is -2.52. The van der Waals surface area contributed by atoms with E-state index in [-0.39, 0.29) is 29.4 Å². The highest BCUT2D eigenvalue weighted by Gasteiger charge is 2.70. The lowest BCUT2D eigenvalue weighted by atomic mass is 9.44. The molecule has 25 heavy (non-hydrogen) atoms. The number of hydrogen-bond acceptors (Lipinski definition) is 5. The quantitative estimate of drug-likeness (QED) is 0.745. The van der Waals surface area contributed by atoms with E-state index in [1.165, 1.54) is 6.92 Å². The summed E-state index contributed by atoms with van der Waals surface area (Å²) in [7, 11) is 0. The van der Waals surface area contributed by atoms with Crippen molar-refractivity contribution in [1.29, 1.82) is 0 Å². The first-order valence-corrected chi connectivity index (χ1v) is 7.86. The van der Waals surface area contributed by atoms with Crippen molar-refractivity contribution in [3.8, 4) is 0 Å². The average Bonchev–Trinajstić information content (AvgIpc) is 2.89. The highest BCUT2D eigenvalue weighted by atomic mass is 19.4. The van der Waals surface area contributed by atoms with Gasteiger partial charge in [-0.15, -0.1) is 5.10 Å². The maximum Gasteiger partial charge on any atom is 0.419 e. The van der Waals surface area contributed by atoms with Crippen molar-refractivity contribution in [3.05, 3.63) is 29.4 Å². The molecule has 5 rings (SSSR count). The van der Waals surface area contributed by atoms with Crippen molar-refractivity contribution in [3.63, 3.8) is 0 Å². The number of nitrogens with two attached hydrogens (primary N) is 1. The molecular weight excluding hydrogens is 337 g/mol. The molecule has 0 unspecified atom stereocenters. The van der Waals surface area contributed by atoms with Gasteiger partial charge in [-0.2, -0.15) is 13.2 Å². The number of aromatic nitrogens is 3. The van der Waals surface area contributed by atoms with Gasteiger partial charge in [-0.1, -0.05) is 5.21 Å². The molecule has 1 aromatic rings. The fourth-order valence-corrected chi connectivity index (χ4v) is 4.11. The lowest BCUT2D eigenvalue weighted by Crippen LogP contribution is -2.78. The van der Waals surface area contributed by atoms with Gasteiger partial charge in [0, 0.05) is 24.6 Å². The van der Waals surface area contributed by atoms with E-state index in [9.17, 15) is 18.0 Å². The van der Waals surface area contributed by atoms with Gasteiger partial charge in [0.1, 0.15) is 11.5 Å². The Balaban J connectivity index is 1.53. The molecule has 1 amide bonds. The van der Waals surface area contributed by atoms with E-state index >= 15 is 0 Å². The zero-order valence-corrected chi connectivity index (χ0v) is 13.4. The van der Waals surface area contributed by atoms with Gasteiger partial charge in [-0.05, 0) is 25.3 Å². The van der Waals surface area contributed by atoms with Crippen molar-refractivity contribution in [2.24, 2.45) is 5.73 Å². The second-order valence-corrected chi connectivity index (χ2v) is 7.11. The van der Waals surface area contributed by atoms with Crippen molar-refractivity contribution in [2.75, 3.05) is 6.54 Å². The van der Waals surface area contributed by atoms with Crippen molar-refractivity contribution >= 4 is 11.5 Å². The Morgan fingerprint density at radius 2 is 2.08 bits per heavy atom. The molecule has 2 heterocycles. The molecule has 134 valence electrons. The summed E-state index contributed by atoms with van der Waals surface area (Å²) in [5, 5.41) is 13.6. The zero-order valence-electron chi connectivity index (χ0n) is 13.4. The number of rotatable bonds is 3. The van der Waals surface area contributed by atoms with Gasteiger partial charge in [-0.3, -0.25) is 4.79 Å². The largest absolute Gasteiger partial charge is 0.419 e. The van der Waals surface area contributed by atoms with Crippen LogP contribution in [-0.2, 0) is 10.3 Å². The first-order chi connectivity index (χ1) is 11.6. The van der Waals surface area contributed by atoms with E-state index in [1.54, 1.807) is 10.9 Å². The third-order valence-corrected chi connectivity index (χ3v) is 5.14. The van der Waals surface area contributed by atoms with Crippen molar-refractivity contribution < 1.29 is 18.0 Å². The highest BCUT2D eigenvalue weighted by Crippen LogP contribution is 2.64. The number of amides is 1. The maximum atomic E-state index is 13.0. The van der Waals surface area contributed by atoms with Crippen LogP contribution >= 0.6 is 0 Å². The third kappa shape index (κ3) is 2.38. The number of nitrogens with one attached hydrogen (secondary N) is 2. The first-order valence-electron chi connectivity index (χ1n) is 7.86. The van der Waals surface area contributed by atoms with E-state index < -0.39 is 11.7 Å². The molecule has 4 aliphatic rings. The molecule has 1 aliphatic heterocycles. The molecule has 2 bridgehead atoms. The Kier molecular flexibility index (Phi) is 3.05.